The van der Waals surface area contributed by atoms with Gasteiger partial charge in [0.1, 0.15) is 0 Å². The number of anilines is 1. The quantitative estimate of drug-likeness (QED) is 0.746. The van der Waals surface area contributed by atoms with Crippen molar-refractivity contribution in [1.29, 1.82) is 0 Å². The Morgan fingerprint density at radius 1 is 1.04 bits per heavy atom. The van der Waals surface area contributed by atoms with E-state index in [-0.39, 0.29) is 0 Å². The molecular weight excluding hydrogens is 328 g/mol. The maximum Gasteiger partial charge on any atom is 0.223 e. The minimum absolute atomic E-state index is 0.450. The van der Waals surface area contributed by atoms with Crippen molar-refractivity contribution < 1.29 is 0 Å². The van der Waals surface area contributed by atoms with Crippen LogP contribution >= 0.6 is 11.3 Å². The Labute approximate surface area is 152 Å². The van der Waals surface area contributed by atoms with Crippen LogP contribution in [0.4, 0.5) is 5.95 Å². The molecule has 0 aliphatic carbocycles. The van der Waals surface area contributed by atoms with Gasteiger partial charge in [-0.25, -0.2) is 9.97 Å². The predicted octanol–water partition coefficient (Wildman–Crippen LogP) is 4.28. The number of hydrogen-bond donors (Lipinski definition) is 1. The van der Waals surface area contributed by atoms with E-state index < -0.39 is 0 Å². The van der Waals surface area contributed by atoms with Gasteiger partial charge in [0.05, 0.1) is 10.6 Å². The zero-order valence-electron chi connectivity index (χ0n) is 14.1. The van der Waals surface area contributed by atoms with Crippen LogP contribution < -0.4 is 5.32 Å². The SMILES string of the molecule is c1ccc(CN2CCC(Nc3nccc(-c4cccs4)n3)CC2)cc1. The molecule has 0 unspecified atom stereocenters. The first-order valence-corrected chi connectivity index (χ1v) is 9.64. The third kappa shape index (κ3) is 4.24. The van der Waals surface area contributed by atoms with Gasteiger partial charge in [-0.15, -0.1) is 11.3 Å². The molecule has 5 heteroatoms. The number of likely N-dealkylation sites (tertiary alicyclic amines) is 1. The molecule has 3 heterocycles. The van der Waals surface area contributed by atoms with E-state index in [1.165, 1.54) is 10.4 Å². The summed E-state index contributed by atoms with van der Waals surface area (Å²) in [6.07, 6.45) is 4.09. The highest BCUT2D eigenvalue weighted by molar-refractivity contribution is 7.13. The Balaban J connectivity index is 1.32. The van der Waals surface area contributed by atoms with E-state index >= 15 is 0 Å². The molecule has 0 saturated carbocycles. The van der Waals surface area contributed by atoms with Crippen molar-refractivity contribution in [2.75, 3.05) is 18.4 Å². The second-order valence-electron chi connectivity index (χ2n) is 6.42. The average Bonchev–Trinajstić information content (AvgIpc) is 3.19. The summed E-state index contributed by atoms with van der Waals surface area (Å²) in [4.78, 5) is 12.8. The summed E-state index contributed by atoms with van der Waals surface area (Å²) < 4.78 is 0. The molecule has 4 rings (SSSR count). The van der Waals surface area contributed by atoms with Gasteiger partial charge in [-0.1, -0.05) is 36.4 Å². The summed E-state index contributed by atoms with van der Waals surface area (Å²) in [5.74, 6) is 0.743. The molecule has 0 atom stereocenters. The molecule has 0 amide bonds. The van der Waals surface area contributed by atoms with Crippen molar-refractivity contribution in [3.05, 3.63) is 65.7 Å². The van der Waals surface area contributed by atoms with Crippen LogP contribution in [0, 0.1) is 0 Å². The number of nitrogens with one attached hydrogen (secondary N) is 1. The Bertz CT molecular complexity index is 780. The molecule has 1 fully saturated rings. The second kappa shape index (κ2) is 7.76. The topological polar surface area (TPSA) is 41.0 Å². The lowest BCUT2D eigenvalue weighted by molar-refractivity contribution is 0.211. The zero-order chi connectivity index (χ0) is 16.9. The van der Waals surface area contributed by atoms with Crippen molar-refractivity contribution in [2.24, 2.45) is 0 Å². The molecule has 1 aliphatic rings. The van der Waals surface area contributed by atoms with Gasteiger partial charge < -0.3 is 5.32 Å². The summed E-state index contributed by atoms with van der Waals surface area (Å²) in [5, 5.41) is 5.60. The number of rotatable bonds is 5. The van der Waals surface area contributed by atoms with Gasteiger partial charge >= 0.3 is 0 Å². The van der Waals surface area contributed by atoms with Crippen molar-refractivity contribution in [2.45, 2.75) is 25.4 Å². The summed E-state index contributed by atoms with van der Waals surface area (Å²) in [7, 11) is 0. The molecule has 1 N–H and O–H groups in total. The van der Waals surface area contributed by atoms with E-state index in [1.54, 1.807) is 11.3 Å². The lowest BCUT2D eigenvalue weighted by Gasteiger charge is -2.32. The van der Waals surface area contributed by atoms with Crippen LogP contribution in [0.3, 0.4) is 0 Å². The average molecular weight is 350 g/mol. The largest absolute Gasteiger partial charge is 0.351 e. The van der Waals surface area contributed by atoms with Crippen molar-refractivity contribution in [3.8, 4) is 10.6 Å². The first-order valence-electron chi connectivity index (χ1n) is 8.76. The molecular formula is C20H22N4S. The fourth-order valence-corrected chi connectivity index (χ4v) is 3.94. The van der Waals surface area contributed by atoms with Crippen LogP contribution in [0.2, 0.25) is 0 Å². The number of piperidine rings is 1. The van der Waals surface area contributed by atoms with E-state index in [9.17, 15) is 0 Å². The molecule has 3 aromatic rings. The van der Waals surface area contributed by atoms with Crippen LogP contribution in [-0.2, 0) is 6.54 Å². The highest BCUT2D eigenvalue weighted by atomic mass is 32.1. The smallest absolute Gasteiger partial charge is 0.223 e. The molecule has 25 heavy (non-hydrogen) atoms. The Hall–Kier alpha value is -2.24. The Morgan fingerprint density at radius 2 is 1.88 bits per heavy atom. The fraction of sp³-hybridized carbons (Fsp3) is 0.300. The first-order chi connectivity index (χ1) is 12.4. The van der Waals surface area contributed by atoms with Gasteiger partial charge in [-0.3, -0.25) is 4.90 Å². The van der Waals surface area contributed by atoms with Crippen LogP contribution in [0.5, 0.6) is 0 Å². The molecule has 0 bridgehead atoms. The molecule has 1 aromatic carbocycles. The van der Waals surface area contributed by atoms with Crippen molar-refractivity contribution >= 4 is 17.3 Å². The van der Waals surface area contributed by atoms with Crippen LogP contribution in [0.1, 0.15) is 18.4 Å². The normalized spacial score (nSPS) is 16.0. The van der Waals surface area contributed by atoms with Crippen LogP contribution in [0.15, 0.2) is 60.1 Å². The van der Waals surface area contributed by atoms with Crippen molar-refractivity contribution in [1.82, 2.24) is 14.9 Å². The fourth-order valence-electron chi connectivity index (χ4n) is 3.25. The highest BCUT2D eigenvalue weighted by Crippen LogP contribution is 2.23. The number of hydrogen-bond acceptors (Lipinski definition) is 5. The van der Waals surface area contributed by atoms with Crippen LogP contribution in [-0.4, -0.2) is 34.0 Å². The molecule has 0 spiro atoms. The number of nitrogens with zero attached hydrogens (tertiary/aromatic N) is 3. The number of aromatic nitrogens is 2. The van der Waals surface area contributed by atoms with E-state index in [1.807, 2.05) is 12.3 Å². The molecule has 4 nitrogen and oxygen atoms in total. The number of benzene rings is 1. The molecule has 1 saturated heterocycles. The van der Waals surface area contributed by atoms with E-state index in [0.717, 1.165) is 44.1 Å². The maximum absolute atomic E-state index is 4.67. The third-order valence-corrected chi connectivity index (χ3v) is 5.49. The predicted molar refractivity (Wildman–Crippen MR) is 104 cm³/mol. The van der Waals surface area contributed by atoms with Gasteiger partial charge in [-0.2, -0.15) is 0 Å². The van der Waals surface area contributed by atoms with Gasteiger partial charge in [0, 0.05) is 31.9 Å². The van der Waals surface area contributed by atoms with Gasteiger partial charge in [0.25, 0.3) is 0 Å². The number of thiophene rings is 1. The summed E-state index contributed by atoms with van der Waals surface area (Å²) in [6.45, 7) is 3.26. The van der Waals surface area contributed by atoms with Gasteiger partial charge in [-0.05, 0) is 35.9 Å². The van der Waals surface area contributed by atoms with E-state index in [4.69, 9.17) is 0 Å². The maximum atomic E-state index is 4.67. The molecule has 128 valence electrons. The highest BCUT2D eigenvalue weighted by Gasteiger charge is 2.20. The van der Waals surface area contributed by atoms with E-state index in [0.29, 0.717) is 6.04 Å². The molecule has 2 aromatic heterocycles. The van der Waals surface area contributed by atoms with Gasteiger partial charge in [0.2, 0.25) is 5.95 Å². The molecule has 0 radical (unpaired) electrons. The lowest BCUT2D eigenvalue weighted by Crippen LogP contribution is -2.38. The molecule has 1 aliphatic heterocycles. The second-order valence-corrected chi connectivity index (χ2v) is 7.37. The Morgan fingerprint density at radius 3 is 2.64 bits per heavy atom. The van der Waals surface area contributed by atoms with Gasteiger partial charge in [0.15, 0.2) is 0 Å². The summed E-state index contributed by atoms with van der Waals surface area (Å²) >= 11 is 1.71. The lowest BCUT2D eigenvalue weighted by atomic mass is 10.0. The van der Waals surface area contributed by atoms with E-state index in [2.05, 4.69) is 68.0 Å². The minimum atomic E-state index is 0.450. The zero-order valence-corrected chi connectivity index (χ0v) is 15.0. The third-order valence-electron chi connectivity index (χ3n) is 4.60. The summed E-state index contributed by atoms with van der Waals surface area (Å²) in [6, 6.07) is 17.3. The Kier molecular flexibility index (Phi) is 5.04. The summed E-state index contributed by atoms with van der Waals surface area (Å²) in [5.41, 5.74) is 2.38. The standard InChI is InChI=1S/C20H22N4S/c1-2-5-16(6-3-1)15-24-12-9-17(10-13-24)22-20-21-11-8-18(23-20)19-7-4-14-25-19/h1-8,11,14,17H,9-10,12-13,15H2,(H,21,22,23). The minimum Gasteiger partial charge on any atom is -0.351 e. The van der Waals surface area contributed by atoms with Crippen molar-refractivity contribution in [3.63, 3.8) is 0 Å². The monoisotopic (exact) mass is 350 g/mol. The first kappa shape index (κ1) is 16.2. The van der Waals surface area contributed by atoms with Crippen LogP contribution in [0.25, 0.3) is 10.6 Å².